The summed E-state index contributed by atoms with van der Waals surface area (Å²) in [4.78, 5) is 25.2. The molecule has 1 radical (unpaired) electrons. The first kappa shape index (κ1) is 13.7. The summed E-state index contributed by atoms with van der Waals surface area (Å²) < 4.78 is 12.8. The van der Waals surface area contributed by atoms with E-state index in [1.807, 2.05) is 0 Å². The van der Waals surface area contributed by atoms with Gasteiger partial charge in [0.1, 0.15) is 6.23 Å². The van der Waals surface area contributed by atoms with Gasteiger partial charge in [0.15, 0.2) is 0 Å². The van der Waals surface area contributed by atoms with Gasteiger partial charge in [0.2, 0.25) is 0 Å². The van der Waals surface area contributed by atoms with E-state index in [-0.39, 0.29) is 16.6 Å². The van der Waals surface area contributed by atoms with Gasteiger partial charge in [0.25, 0.3) is 5.56 Å². The molecule has 0 saturated carbocycles. The second kappa shape index (κ2) is 5.51. The normalized spacial score (nSPS) is 27.6. The van der Waals surface area contributed by atoms with Crippen molar-refractivity contribution in [3.63, 3.8) is 0 Å². The van der Waals surface area contributed by atoms with Gasteiger partial charge >= 0.3 is 5.69 Å². The average Bonchev–Trinajstić information content (AvgIpc) is 2.76. The lowest BCUT2D eigenvalue weighted by molar-refractivity contribution is -0.0232. The Labute approximate surface area is 114 Å². The van der Waals surface area contributed by atoms with Gasteiger partial charge in [0.05, 0.1) is 12.7 Å². The third-order valence-electron chi connectivity index (χ3n) is 2.96. The topological polar surface area (TPSA) is 110 Å². The minimum atomic E-state index is -0.558. The number of aryl methyl sites for hydroxylation is 1. The molecule has 4 N–H and O–H groups in total. The number of aliphatic hydroxyl groups excluding tert-OH is 1. The van der Waals surface area contributed by atoms with E-state index in [1.165, 1.54) is 10.8 Å². The van der Waals surface area contributed by atoms with E-state index in [9.17, 15) is 14.7 Å². The van der Waals surface area contributed by atoms with Crippen LogP contribution in [0.4, 0.5) is 0 Å². The van der Waals surface area contributed by atoms with Gasteiger partial charge in [-0.05, 0) is 6.92 Å². The Bertz CT molecular complexity index is 529. The standard InChI is InChI=1S/C10H15IN3O4/c1-5-3-14(10(17)13-9(5)16)8-2-6(11-12)7(4-15)18-8/h3,6-8,15H,2,4,12H2,1H3,(H,13,16,17)/t6?,7-,8-/m1/s1. The highest BCUT2D eigenvalue weighted by atomic mass is 127. The summed E-state index contributed by atoms with van der Waals surface area (Å²) >= 11 is -0.558. The molecule has 2 rings (SSSR count). The van der Waals surface area contributed by atoms with Crippen LogP contribution in [0.5, 0.6) is 0 Å². The summed E-state index contributed by atoms with van der Waals surface area (Å²) in [6, 6.07) is 0. The number of halogens is 1. The lowest BCUT2D eigenvalue weighted by Gasteiger charge is -2.14. The van der Waals surface area contributed by atoms with Crippen molar-refractivity contribution < 1.29 is 9.84 Å². The average molecular weight is 368 g/mol. The van der Waals surface area contributed by atoms with Crippen LogP contribution in [0.15, 0.2) is 15.8 Å². The lowest BCUT2D eigenvalue weighted by atomic mass is 10.2. The quantitative estimate of drug-likeness (QED) is 0.373. The number of alkyl halides is 1. The van der Waals surface area contributed by atoms with Crippen LogP contribution in [0.25, 0.3) is 0 Å². The van der Waals surface area contributed by atoms with E-state index < -0.39 is 39.0 Å². The van der Waals surface area contributed by atoms with Crippen molar-refractivity contribution in [3.05, 3.63) is 32.6 Å². The molecule has 0 bridgehead atoms. The molecule has 8 heteroatoms. The Morgan fingerprint density at radius 2 is 2.39 bits per heavy atom. The van der Waals surface area contributed by atoms with Crippen LogP contribution in [0.2, 0.25) is 0 Å². The molecule has 1 aliphatic heterocycles. The van der Waals surface area contributed by atoms with E-state index in [1.54, 1.807) is 6.92 Å². The Morgan fingerprint density at radius 1 is 1.67 bits per heavy atom. The first-order valence-electron chi connectivity index (χ1n) is 5.47. The van der Waals surface area contributed by atoms with Crippen molar-refractivity contribution in [1.82, 2.24) is 9.55 Å². The molecule has 0 aliphatic carbocycles. The van der Waals surface area contributed by atoms with Crippen molar-refractivity contribution in [2.24, 2.45) is 3.95 Å². The van der Waals surface area contributed by atoms with Gasteiger partial charge in [-0.2, -0.15) is 0 Å². The maximum absolute atomic E-state index is 11.7. The van der Waals surface area contributed by atoms with Gasteiger partial charge in [-0.15, -0.1) is 0 Å². The van der Waals surface area contributed by atoms with Crippen molar-refractivity contribution in [2.45, 2.75) is 29.6 Å². The summed E-state index contributed by atoms with van der Waals surface area (Å²) in [5, 5.41) is 9.19. The fourth-order valence-electron chi connectivity index (χ4n) is 1.96. The van der Waals surface area contributed by atoms with Crippen LogP contribution in [0.3, 0.4) is 0 Å². The number of ether oxygens (including phenoxy) is 1. The van der Waals surface area contributed by atoms with Crippen LogP contribution in [0.1, 0.15) is 18.2 Å². The van der Waals surface area contributed by atoms with Crippen molar-refractivity contribution >= 4 is 21.5 Å². The summed E-state index contributed by atoms with van der Waals surface area (Å²) in [5.74, 6) is 0. The number of nitrogens with one attached hydrogen (secondary N) is 1. The van der Waals surface area contributed by atoms with E-state index in [0.29, 0.717) is 12.0 Å². The molecule has 18 heavy (non-hydrogen) atoms. The zero-order valence-corrected chi connectivity index (χ0v) is 12.0. The van der Waals surface area contributed by atoms with Crippen LogP contribution < -0.4 is 15.2 Å². The molecule has 1 unspecified atom stereocenters. The second-order valence-electron chi connectivity index (χ2n) is 4.17. The number of aromatic amines is 1. The number of H-pyrrole nitrogens is 1. The summed E-state index contributed by atoms with van der Waals surface area (Å²) in [6.45, 7) is 1.52. The molecule has 0 aromatic carbocycles. The van der Waals surface area contributed by atoms with Gasteiger partial charge in [-0.25, -0.2) is 4.79 Å². The monoisotopic (exact) mass is 368 g/mol. The Morgan fingerprint density at radius 3 is 2.94 bits per heavy atom. The van der Waals surface area contributed by atoms with E-state index >= 15 is 0 Å². The summed E-state index contributed by atoms with van der Waals surface area (Å²) in [6.07, 6.45) is 1.31. The predicted molar refractivity (Wildman–Crippen MR) is 73.7 cm³/mol. The van der Waals surface area contributed by atoms with Crippen LogP contribution in [-0.2, 0) is 4.74 Å². The zero-order chi connectivity index (χ0) is 13.3. The van der Waals surface area contributed by atoms with Gasteiger partial charge in [-0.1, -0.05) is 21.5 Å². The SMILES string of the molecule is Cc1cn([C@H]2CC([I]N)[C@@H](CO)O2)c(=O)[nH]c1=O. The molecule has 7 nitrogen and oxygen atoms in total. The molecule has 0 spiro atoms. The molecule has 0 amide bonds. The largest absolute Gasteiger partial charge is 0.394 e. The molecule has 1 fully saturated rings. The summed E-state index contributed by atoms with van der Waals surface area (Å²) in [7, 11) is 0. The molecule has 3 atom stereocenters. The number of aromatic nitrogens is 2. The predicted octanol–water partition coefficient (Wildman–Crippen LogP) is -0.662. The van der Waals surface area contributed by atoms with Crippen molar-refractivity contribution in [1.29, 1.82) is 0 Å². The molecular weight excluding hydrogens is 353 g/mol. The first-order valence-corrected chi connectivity index (χ1v) is 7.96. The van der Waals surface area contributed by atoms with E-state index in [0.717, 1.165) is 0 Å². The third-order valence-corrected chi connectivity index (χ3v) is 5.19. The molecule has 1 aliphatic rings. The highest BCUT2D eigenvalue weighted by Crippen LogP contribution is 2.35. The van der Waals surface area contributed by atoms with E-state index in [2.05, 4.69) is 4.98 Å². The minimum absolute atomic E-state index is 0.102. The van der Waals surface area contributed by atoms with Gasteiger partial charge in [-0.3, -0.25) is 18.3 Å². The molecule has 1 saturated heterocycles. The lowest BCUT2D eigenvalue weighted by Crippen LogP contribution is -2.33. The zero-order valence-electron chi connectivity index (χ0n) is 9.80. The highest BCUT2D eigenvalue weighted by molar-refractivity contribution is 14.2. The molecular formula is C10H15IN3O4. The third kappa shape index (κ3) is 2.51. The summed E-state index contributed by atoms with van der Waals surface area (Å²) in [5.41, 5.74) is -0.441. The molecule has 1 aromatic heterocycles. The van der Waals surface area contributed by atoms with Gasteiger partial charge < -0.3 is 9.84 Å². The molecule has 101 valence electrons. The number of aliphatic hydroxyl groups is 1. The smallest absolute Gasteiger partial charge is 0.330 e. The fraction of sp³-hybridized carbons (Fsp3) is 0.600. The Balaban J connectivity index is 2.31. The number of rotatable bonds is 3. The van der Waals surface area contributed by atoms with Crippen LogP contribution >= 0.6 is 21.5 Å². The Hall–Kier alpha value is -0.710. The fourth-order valence-corrected chi connectivity index (χ4v) is 3.54. The second-order valence-corrected chi connectivity index (χ2v) is 6.49. The first-order chi connectivity index (χ1) is 8.56. The minimum Gasteiger partial charge on any atom is -0.394 e. The number of nitrogens with two attached hydrogens (primary N) is 1. The van der Waals surface area contributed by atoms with Crippen LogP contribution in [-0.4, -0.2) is 31.3 Å². The van der Waals surface area contributed by atoms with Crippen LogP contribution in [0, 0.1) is 6.92 Å². The van der Waals surface area contributed by atoms with Gasteiger partial charge in [0, 0.05) is 22.1 Å². The highest BCUT2D eigenvalue weighted by Gasteiger charge is 2.36. The maximum Gasteiger partial charge on any atom is 0.330 e. The maximum atomic E-state index is 11.7. The van der Waals surface area contributed by atoms with Crippen molar-refractivity contribution in [3.8, 4) is 0 Å². The number of hydrogen-bond donors (Lipinski definition) is 3. The number of hydrogen-bond acceptors (Lipinski definition) is 5. The van der Waals surface area contributed by atoms with Crippen molar-refractivity contribution in [2.75, 3.05) is 6.61 Å². The number of nitrogens with zero attached hydrogens (tertiary/aromatic N) is 1. The Kier molecular flexibility index (Phi) is 4.20. The molecule has 1 aromatic rings. The van der Waals surface area contributed by atoms with E-state index in [4.69, 9.17) is 8.68 Å². The molecule has 2 heterocycles.